The minimum Gasteiger partial charge on any atom is -0.481 e. The molecule has 1 fully saturated rings. The summed E-state index contributed by atoms with van der Waals surface area (Å²) in [7, 11) is -2.20. The summed E-state index contributed by atoms with van der Waals surface area (Å²) in [6, 6.07) is 7.06. The lowest BCUT2D eigenvalue weighted by Crippen LogP contribution is -2.29. The molecule has 0 aliphatic heterocycles. The van der Waals surface area contributed by atoms with Gasteiger partial charge in [0.25, 0.3) is 0 Å². The van der Waals surface area contributed by atoms with E-state index in [1.54, 1.807) is 12.1 Å². The Morgan fingerprint density at radius 3 is 2.32 bits per heavy atom. The highest BCUT2D eigenvalue weighted by molar-refractivity contribution is 7.89. The molecule has 0 heterocycles. The van der Waals surface area contributed by atoms with Gasteiger partial charge in [-0.3, -0.25) is 4.79 Å². The van der Waals surface area contributed by atoms with Gasteiger partial charge < -0.3 is 5.11 Å². The molecule has 0 amide bonds. The molecule has 0 aromatic heterocycles. The Hall–Kier alpha value is -1.40. The highest BCUT2D eigenvalue weighted by Gasteiger charge is 2.22. The van der Waals surface area contributed by atoms with Gasteiger partial charge in [-0.15, -0.1) is 0 Å². The van der Waals surface area contributed by atoms with Gasteiger partial charge in [0.2, 0.25) is 10.0 Å². The summed E-state index contributed by atoms with van der Waals surface area (Å²) >= 11 is 0. The average Bonchev–Trinajstić information content (AvgIpc) is 2.53. The first-order chi connectivity index (χ1) is 10.4. The fraction of sp³-hybridized carbons (Fsp3) is 0.562. The zero-order chi connectivity index (χ0) is 16.2. The fourth-order valence-electron chi connectivity index (χ4n) is 2.90. The number of rotatable bonds is 6. The van der Waals surface area contributed by atoms with Crippen LogP contribution in [0.4, 0.5) is 0 Å². The molecule has 0 spiro atoms. The predicted octanol–water partition coefficient (Wildman–Crippen LogP) is 2.83. The topological polar surface area (TPSA) is 74.7 Å². The van der Waals surface area contributed by atoms with Gasteiger partial charge in [-0.1, -0.05) is 31.4 Å². The largest absolute Gasteiger partial charge is 0.481 e. The van der Waals surface area contributed by atoms with E-state index in [0.717, 1.165) is 4.31 Å². The number of benzene rings is 1. The maximum absolute atomic E-state index is 12.4. The van der Waals surface area contributed by atoms with Crippen LogP contribution in [0.2, 0.25) is 0 Å². The Bertz CT molecular complexity index is 604. The molecule has 2 rings (SSSR count). The minimum absolute atomic E-state index is 0.0258. The summed E-state index contributed by atoms with van der Waals surface area (Å²) in [5, 5.41) is 8.66. The first kappa shape index (κ1) is 17.0. The molecular formula is C16H23NO4S. The smallest absolute Gasteiger partial charge is 0.304 e. The highest BCUT2D eigenvalue weighted by Crippen LogP contribution is 2.33. The van der Waals surface area contributed by atoms with Gasteiger partial charge in [0.1, 0.15) is 0 Å². The maximum atomic E-state index is 12.4. The Morgan fingerprint density at radius 2 is 1.77 bits per heavy atom. The number of sulfonamides is 1. The SMILES string of the molecule is CN(CCC(=O)O)S(=O)(=O)c1ccc(C2CCCCC2)cc1. The lowest BCUT2D eigenvalue weighted by molar-refractivity contribution is -0.137. The van der Waals surface area contributed by atoms with Crippen LogP contribution in [-0.4, -0.2) is 37.4 Å². The van der Waals surface area contributed by atoms with Gasteiger partial charge in [0.05, 0.1) is 11.3 Å². The van der Waals surface area contributed by atoms with Crippen molar-refractivity contribution in [1.82, 2.24) is 4.31 Å². The van der Waals surface area contributed by atoms with Gasteiger partial charge in [0, 0.05) is 13.6 Å². The fourth-order valence-corrected chi connectivity index (χ4v) is 4.07. The van der Waals surface area contributed by atoms with E-state index in [1.807, 2.05) is 12.1 Å². The van der Waals surface area contributed by atoms with Crippen LogP contribution in [0.25, 0.3) is 0 Å². The number of carbonyl (C=O) groups is 1. The van der Waals surface area contributed by atoms with E-state index in [9.17, 15) is 13.2 Å². The van der Waals surface area contributed by atoms with Gasteiger partial charge >= 0.3 is 5.97 Å². The van der Waals surface area contributed by atoms with E-state index in [1.165, 1.54) is 44.7 Å². The number of carboxylic acids is 1. The van der Waals surface area contributed by atoms with E-state index < -0.39 is 16.0 Å². The Kier molecular flexibility index (Phi) is 5.58. The summed E-state index contributed by atoms with van der Waals surface area (Å²) in [6.45, 7) is -0.0258. The molecule has 0 unspecified atom stereocenters. The highest BCUT2D eigenvalue weighted by atomic mass is 32.2. The Morgan fingerprint density at radius 1 is 1.18 bits per heavy atom. The third-order valence-corrected chi connectivity index (χ3v) is 6.18. The van der Waals surface area contributed by atoms with Crippen molar-refractivity contribution in [3.8, 4) is 0 Å². The second-order valence-electron chi connectivity index (χ2n) is 5.87. The molecule has 1 N–H and O–H groups in total. The van der Waals surface area contributed by atoms with Crippen LogP contribution < -0.4 is 0 Å². The van der Waals surface area contributed by atoms with E-state index in [4.69, 9.17) is 5.11 Å². The van der Waals surface area contributed by atoms with Crippen LogP contribution in [0.1, 0.15) is 50.0 Å². The van der Waals surface area contributed by atoms with Crippen molar-refractivity contribution in [2.24, 2.45) is 0 Å². The van der Waals surface area contributed by atoms with Crippen molar-refractivity contribution >= 4 is 16.0 Å². The summed E-state index contributed by atoms with van der Waals surface area (Å²) in [6.07, 6.45) is 5.91. The van der Waals surface area contributed by atoms with Crippen molar-refractivity contribution in [2.75, 3.05) is 13.6 Å². The summed E-state index contributed by atoms with van der Waals surface area (Å²) in [4.78, 5) is 10.8. The third kappa shape index (κ3) is 4.08. The normalized spacial score (nSPS) is 16.8. The number of carboxylic acid groups (broad SMARTS) is 1. The Labute approximate surface area is 132 Å². The molecule has 1 saturated carbocycles. The lowest BCUT2D eigenvalue weighted by Gasteiger charge is -2.22. The molecule has 1 aromatic carbocycles. The van der Waals surface area contributed by atoms with Crippen molar-refractivity contribution in [3.05, 3.63) is 29.8 Å². The second kappa shape index (κ2) is 7.24. The van der Waals surface area contributed by atoms with E-state index >= 15 is 0 Å². The maximum Gasteiger partial charge on any atom is 0.304 e. The molecule has 1 aromatic rings. The average molecular weight is 325 g/mol. The van der Waals surface area contributed by atoms with Crippen molar-refractivity contribution < 1.29 is 18.3 Å². The molecule has 1 aliphatic rings. The molecule has 1 aliphatic carbocycles. The first-order valence-corrected chi connectivity index (χ1v) is 9.13. The van der Waals surface area contributed by atoms with E-state index in [-0.39, 0.29) is 17.9 Å². The van der Waals surface area contributed by atoms with Crippen LogP contribution in [0.3, 0.4) is 0 Å². The molecule has 0 radical (unpaired) electrons. The molecule has 0 saturated heterocycles. The number of hydrogen-bond acceptors (Lipinski definition) is 3. The molecular weight excluding hydrogens is 302 g/mol. The number of hydrogen-bond donors (Lipinski definition) is 1. The quantitative estimate of drug-likeness (QED) is 0.872. The number of nitrogens with zero attached hydrogens (tertiary/aromatic N) is 1. The van der Waals surface area contributed by atoms with E-state index in [0.29, 0.717) is 5.92 Å². The molecule has 5 nitrogen and oxygen atoms in total. The molecule has 0 atom stereocenters. The molecule has 122 valence electrons. The van der Waals surface area contributed by atoms with Gasteiger partial charge in [-0.05, 0) is 36.5 Å². The molecule has 0 bridgehead atoms. The zero-order valence-electron chi connectivity index (χ0n) is 12.9. The number of aliphatic carboxylic acids is 1. The predicted molar refractivity (Wildman–Crippen MR) is 84.3 cm³/mol. The van der Waals surface area contributed by atoms with Crippen molar-refractivity contribution in [2.45, 2.75) is 49.3 Å². The van der Waals surface area contributed by atoms with Crippen LogP contribution in [0, 0.1) is 0 Å². The summed E-state index contributed by atoms with van der Waals surface area (Å²) in [5.74, 6) is -0.468. The molecule has 6 heteroatoms. The van der Waals surface area contributed by atoms with Gasteiger partial charge in [-0.25, -0.2) is 12.7 Å². The van der Waals surface area contributed by atoms with Gasteiger partial charge in [0.15, 0.2) is 0 Å². The monoisotopic (exact) mass is 325 g/mol. The second-order valence-corrected chi connectivity index (χ2v) is 7.92. The van der Waals surface area contributed by atoms with Crippen molar-refractivity contribution in [3.63, 3.8) is 0 Å². The van der Waals surface area contributed by atoms with Crippen LogP contribution >= 0.6 is 0 Å². The lowest BCUT2D eigenvalue weighted by atomic mass is 9.84. The standard InChI is InChI=1S/C16H23NO4S/c1-17(12-11-16(18)19)22(20,21)15-9-7-14(8-10-15)13-5-3-2-4-6-13/h7-10,13H,2-6,11-12H2,1H3,(H,18,19). The van der Waals surface area contributed by atoms with Crippen LogP contribution in [-0.2, 0) is 14.8 Å². The summed E-state index contributed by atoms with van der Waals surface area (Å²) in [5.41, 5.74) is 1.20. The van der Waals surface area contributed by atoms with Crippen LogP contribution in [0.5, 0.6) is 0 Å². The first-order valence-electron chi connectivity index (χ1n) is 7.69. The Balaban J connectivity index is 2.09. The zero-order valence-corrected chi connectivity index (χ0v) is 13.7. The van der Waals surface area contributed by atoms with Gasteiger partial charge in [-0.2, -0.15) is 0 Å². The van der Waals surface area contributed by atoms with E-state index in [2.05, 4.69) is 0 Å². The summed E-state index contributed by atoms with van der Waals surface area (Å²) < 4.78 is 25.8. The van der Waals surface area contributed by atoms with Crippen molar-refractivity contribution in [1.29, 1.82) is 0 Å². The van der Waals surface area contributed by atoms with Crippen LogP contribution in [0.15, 0.2) is 29.2 Å². The third-order valence-electron chi connectivity index (χ3n) is 4.31. The minimum atomic E-state index is -3.61. The molecule has 22 heavy (non-hydrogen) atoms.